The molecule has 4 heteroatoms. The molecule has 0 bridgehead atoms. The number of rotatable bonds is 44. The first-order chi connectivity index (χ1) is 29.4. The number of ether oxygens (including phenoxy) is 2. The molecule has 0 spiro atoms. The van der Waals surface area contributed by atoms with E-state index in [9.17, 15) is 9.59 Å². The van der Waals surface area contributed by atoms with E-state index in [1.165, 1.54) is 205 Å². The normalized spacial score (nSPS) is 13.6. The van der Waals surface area contributed by atoms with Crippen molar-refractivity contribution < 1.29 is 19.1 Å². The molecule has 0 radical (unpaired) electrons. The first-order valence-electron chi connectivity index (χ1n) is 26.8. The standard InChI is InChI=1S/C56H102O4/c1-7-11-15-19-23-27-37-49(5)39-31-33-43-51(41-29-25-21-17-13-9-3)47-59-55(57)53-45-35-36-46-54(53)56(58)60-48-52(42-30-26-22-18-14-10-4)44-34-32-40-50(6)38-28-24-20-16-12-8-2/h35-36,45-46,49-52H,7-34,37-44,47-48H2,1-6H3. The Balaban J connectivity index is 2.73. The van der Waals surface area contributed by atoms with Crippen molar-refractivity contribution in [2.75, 3.05) is 13.2 Å². The second-order valence-electron chi connectivity index (χ2n) is 19.5. The van der Waals surface area contributed by atoms with Crippen LogP contribution >= 0.6 is 0 Å². The summed E-state index contributed by atoms with van der Waals surface area (Å²) in [5.74, 6) is 1.55. The molecule has 1 aromatic carbocycles. The monoisotopic (exact) mass is 839 g/mol. The van der Waals surface area contributed by atoms with Gasteiger partial charge >= 0.3 is 11.9 Å². The van der Waals surface area contributed by atoms with Gasteiger partial charge in [-0.25, -0.2) is 9.59 Å². The van der Waals surface area contributed by atoms with Crippen LogP contribution in [-0.4, -0.2) is 25.2 Å². The molecule has 60 heavy (non-hydrogen) atoms. The molecule has 0 N–H and O–H groups in total. The Hall–Kier alpha value is -1.84. The second-order valence-corrected chi connectivity index (χ2v) is 19.5. The van der Waals surface area contributed by atoms with Crippen molar-refractivity contribution in [3.63, 3.8) is 0 Å². The second kappa shape index (κ2) is 41.2. The smallest absolute Gasteiger partial charge is 0.339 e. The molecule has 1 aromatic rings. The molecule has 0 aliphatic carbocycles. The predicted octanol–water partition coefficient (Wildman–Crippen LogP) is 18.6. The third kappa shape index (κ3) is 31.9. The number of benzene rings is 1. The highest BCUT2D eigenvalue weighted by molar-refractivity contribution is 6.03. The molecule has 0 aromatic heterocycles. The third-order valence-electron chi connectivity index (χ3n) is 13.4. The Morgan fingerprint density at radius 1 is 0.367 bits per heavy atom. The minimum absolute atomic E-state index is 0.344. The average molecular weight is 839 g/mol. The van der Waals surface area contributed by atoms with Gasteiger partial charge in [0.2, 0.25) is 0 Å². The van der Waals surface area contributed by atoms with Crippen molar-refractivity contribution in [1.29, 1.82) is 0 Å². The maximum absolute atomic E-state index is 13.6. The molecule has 0 amide bonds. The third-order valence-corrected chi connectivity index (χ3v) is 13.4. The molecule has 0 saturated heterocycles. The van der Waals surface area contributed by atoms with Crippen molar-refractivity contribution in [2.45, 2.75) is 273 Å². The average Bonchev–Trinajstić information content (AvgIpc) is 3.25. The molecule has 1 rings (SSSR count). The Labute approximate surface area is 374 Å². The van der Waals surface area contributed by atoms with E-state index in [1.807, 2.05) is 12.1 Å². The summed E-state index contributed by atoms with van der Waals surface area (Å²) in [4.78, 5) is 27.3. The summed E-state index contributed by atoms with van der Waals surface area (Å²) >= 11 is 0. The topological polar surface area (TPSA) is 52.6 Å². The maximum atomic E-state index is 13.6. The zero-order valence-corrected chi connectivity index (χ0v) is 41.1. The molecule has 4 atom stereocenters. The van der Waals surface area contributed by atoms with Gasteiger partial charge in [0.25, 0.3) is 0 Å². The van der Waals surface area contributed by atoms with Crippen molar-refractivity contribution in [3.8, 4) is 0 Å². The Morgan fingerprint density at radius 3 is 0.900 bits per heavy atom. The summed E-state index contributed by atoms with van der Waals surface area (Å²) in [6, 6.07) is 7.16. The molecule has 0 fully saturated rings. The highest BCUT2D eigenvalue weighted by Gasteiger charge is 2.22. The van der Waals surface area contributed by atoms with Gasteiger partial charge < -0.3 is 9.47 Å². The zero-order chi connectivity index (χ0) is 43.7. The largest absolute Gasteiger partial charge is 0.462 e. The minimum Gasteiger partial charge on any atom is -0.462 e. The van der Waals surface area contributed by atoms with E-state index in [0.717, 1.165) is 37.5 Å². The van der Waals surface area contributed by atoms with E-state index in [4.69, 9.17) is 9.47 Å². The quantitative estimate of drug-likeness (QED) is 0.0485. The molecular formula is C56H102O4. The molecule has 4 nitrogen and oxygen atoms in total. The summed E-state index contributed by atoms with van der Waals surface area (Å²) in [6.45, 7) is 14.8. The van der Waals surface area contributed by atoms with Crippen LogP contribution in [0.15, 0.2) is 24.3 Å². The lowest BCUT2D eigenvalue weighted by molar-refractivity contribution is 0.0375. The van der Waals surface area contributed by atoms with Crippen molar-refractivity contribution in [1.82, 2.24) is 0 Å². The van der Waals surface area contributed by atoms with Gasteiger partial charge in [0.1, 0.15) is 0 Å². The lowest BCUT2D eigenvalue weighted by Crippen LogP contribution is -2.20. The lowest BCUT2D eigenvalue weighted by Gasteiger charge is -2.19. The fraction of sp³-hybridized carbons (Fsp3) is 0.857. The molecule has 350 valence electrons. The number of hydrogen-bond donors (Lipinski definition) is 0. The molecule has 0 aliphatic heterocycles. The number of hydrogen-bond acceptors (Lipinski definition) is 4. The molecule has 0 aliphatic rings. The van der Waals surface area contributed by atoms with Gasteiger partial charge in [0.05, 0.1) is 24.3 Å². The molecule has 0 heterocycles. The van der Waals surface area contributed by atoms with Crippen LogP contribution in [-0.2, 0) is 9.47 Å². The van der Waals surface area contributed by atoms with E-state index in [2.05, 4.69) is 41.5 Å². The van der Waals surface area contributed by atoms with Gasteiger partial charge in [-0.2, -0.15) is 0 Å². The summed E-state index contributed by atoms with van der Waals surface area (Å²) in [5, 5.41) is 0. The Kier molecular flexibility index (Phi) is 38.6. The highest BCUT2D eigenvalue weighted by Crippen LogP contribution is 2.25. The van der Waals surface area contributed by atoms with Crippen LogP contribution in [0.3, 0.4) is 0 Å². The van der Waals surface area contributed by atoms with E-state index in [-0.39, 0.29) is 11.9 Å². The van der Waals surface area contributed by atoms with Gasteiger partial charge in [0.15, 0.2) is 0 Å². The lowest BCUT2D eigenvalue weighted by atomic mass is 9.92. The first kappa shape index (κ1) is 56.2. The predicted molar refractivity (Wildman–Crippen MR) is 261 cm³/mol. The molecule has 4 unspecified atom stereocenters. The van der Waals surface area contributed by atoms with Crippen LogP contribution in [0.2, 0.25) is 0 Å². The van der Waals surface area contributed by atoms with Crippen LogP contribution in [0, 0.1) is 23.7 Å². The Morgan fingerprint density at radius 2 is 0.600 bits per heavy atom. The van der Waals surface area contributed by atoms with Crippen LogP contribution < -0.4 is 0 Å². The van der Waals surface area contributed by atoms with Gasteiger partial charge in [-0.15, -0.1) is 0 Å². The van der Waals surface area contributed by atoms with Crippen molar-refractivity contribution in [3.05, 3.63) is 35.4 Å². The summed E-state index contributed by atoms with van der Waals surface area (Å²) in [5.41, 5.74) is 0.687. The first-order valence-corrected chi connectivity index (χ1v) is 26.8. The molecular weight excluding hydrogens is 737 g/mol. The maximum Gasteiger partial charge on any atom is 0.339 e. The number of unbranched alkanes of at least 4 members (excludes halogenated alkanes) is 22. The van der Waals surface area contributed by atoms with Gasteiger partial charge in [-0.05, 0) is 61.5 Å². The number of esters is 2. The van der Waals surface area contributed by atoms with Gasteiger partial charge in [-0.1, -0.05) is 259 Å². The zero-order valence-electron chi connectivity index (χ0n) is 41.1. The van der Waals surface area contributed by atoms with Crippen LogP contribution in [0.25, 0.3) is 0 Å². The van der Waals surface area contributed by atoms with E-state index in [1.54, 1.807) is 12.1 Å². The molecule has 0 saturated carbocycles. The summed E-state index contributed by atoms with van der Waals surface area (Å²) < 4.78 is 12.1. The van der Waals surface area contributed by atoms with E-state index >= 15 is 0 Å². The van der Waals surface area contributed by atoms with Crippen LogP contribution in [0.1, 0.15) is 293 Å². The van der Waals surface area contributed by atoms with E-state index in [0.29, 0.717) is 36.2 Å². The number of carbonyl (C=O) groups is 2. The SMILES string of the molecule is CCCCCCCCC(C)CCCCC(CCCCCCCC)COC(=O)c1ccccc1C(=O)OCC(CCCCCCCC)CCCCC(C)CCCCCCCC. The van der Waals surface area contributed by atoms with Crippen molar-refractivity contribution >= 4 is 11.9 Å². The van der Waals surface area contributed by atoms with Crippen LogP contribution in [0.4, 0.5) is 0 Å². The van der Waals surface area contributed by atoms with Gasteiger partial charge in [-0.3, -0.25) is 0 Å². The van der Waals surface area contributed by atoms with E-state index < -0.39 is 0 Å². The fourth-order valence-electron chi connectivity index (χ4n) is 9.12. The van der Waals surface area contributed by atoms with Crippen LogP contribution in [0.5, 0.6) is 0 Å². The summed E-state index contributed by atoms with van der Waals surface area (Å²) in [7, 11) is 0. The summed E-state index contributed by atoms with van der Waals surface area (Å²) in [6.07, 6.45) is 46.4. The van der Waals surface area contributed by atoms with Crippen molar-refractivity contribution in [2.24, 2.45) is 23.7 Å². The fourth-order valence-corrected chi connectivity index (χ4v) is 9.12. The minimum atomic E-state index is -0.387. The van der Waals surface area contributed by atoms with Gasteiger partial charge in [0, 0.05) is 0 Å². The number of carbonyl (C=O) groups excluding carboxylic acids is 2. The highest BCUT2D eigenvalue weighted by atomic mass is 16.5. The Bertz CT molecular complexity index is 1010.